The molecule has 138 valence electrons. The Bertz CT molecular complexity index is 587. The number of methoxy groups -OCH3 is 1. The molecule has 0 fully saturated rings. The summed E-state index contributed by atoms with van der Waals surface area (Å²) < 4.78 is 9.84. The van der Waals surface area contributed by atoms with E-state index in [2.05, 4.69) is 32.7 Å². The monoisotopic (exact) mass is 347 g/mol. The van der Waals surface area contributed by atoms with Gasteiger partial charge in [0.15, 0.2) is 0 Å². The maximum absolute atomic E-state index is 11.9. The number of benzene rings is 1. The molecule has 5 heteroatoms. The maximum atomic E-state index is 11.9. The van der Waals surface area contributed by atoms with Crippen molar-refractivity contribution in [2.75, 3.05) is 7.11 Å². The van der Waals surface area contributed by atoms with Crippen molar-refractivity contribution in [3.63, 3.8) is 0 Å². The second-order valence-corrected chi connectivity index (χ2v) is 7.50. The zero-order chi connectivity index (χ0) is 18.9. The van der Waals surface area contributed by atoms with Gasteiger partial charge in [0.1, 0.15) is 12.3 Å². The minimum absolute atomic E-state index is 0.112. The molecular weight excluding hydrogens is 318 g/mol. The van der Waals surface area contributed by atoms with Gasteiger partial charge in [-0.2, -0.15) is 4.99 Å². The molecule has 25 heavy (non-hydrogen) atoms. The van der Waals surface area contributed by atoms with Crippen LogP contribution in [-0.4, -0.2) is 24.9 Å². The number of carbonyl (C=O) groups excluding carboxylic acids is 2. The smallest absolute Gasteiger partial charge is 0.434 e. The quantitative estimate of drug-likeness (QED) is 0.525. The predicted molar refractivity (Wildman–Crippen MR) is 98.5 cm³/mol. The second-order valence-electron chi connectivity index (χ2n) is 7.50. The molecule has 1 aromatic carbocycles. The molecule has 0 saturated carbocycles. The van der Waals surface area contributed by atoms with E-state index in [4.69, 9.17) is 9.47 Å². The van der Waals surface area contributed by atoms with Crippen LogP contribution < -0.4 is 0 Å². The molecule has 1 rings (SSSR count). The van der Waals surface area contributed by atoms with Crippen LogP contribution in [0.1, 0.15) is 52.5 Å². The highest BCUT2D eigenvalue weighted by molar-refractivity contribution is 6.37. The maximum Gasteiger partial charge on any atom is 0.434 e. The number of nitrogens with zero attached hydrogens (tertiary/aromatic N) is 1. The molecule has 1 aromatic rings. The summed E-state index contributed by atoms with van der Waals surface area (Å²) in [6, 6.07) is 9.32. The van der Waals surface area contributed by atoms with E-state index in [0.717, 1.165) is 18.4 Å². The zero-order valence-electron chi connectivity index (χ0n) is 15.9. The Hall–Kier alpha value is -2.17. The Morgan fingerprint density at radius 2 is 1.80 bits per heavy atom. The molecule has 1 atom stereocenters. The summed E-state index contributed by atoms with van der Waals surface area (Å²) in [7, 11) is 1.28. The van der Waals surface area contributed by atoms with Gasteiger partial charge in [-0.25, -0.2) is 9.59 Å². The Morgan fingerprint density at radius 1 is 1.16 bits per heavy atom. The molecule has 1 amide bonds. The third-order valence-electron chi connectivity index (χ3n) is 3.69. The average molecular weight is 347 g/mol. The zero-order valence-corrected chi connectivity index (χ0v) is 15.9. The standard InChI is InChI=1S/C20H29NO4/c1-15(13-20(2,3)4)11-12-17(18(22)24-5)21-19(23)25-14-16-9-7-6-8-10-16/h6-10,15H,11-14H2,1-5H3. The number of rotatable bonds is 7. The van der Waals surface area contributed by atoms with Gasteiger partial charge in [-0.15, -0.1) is 0 Å². The van der Waals surface area contributed by atoms with Gasteiger partial charge in [-0.05, 0) is 36.2 Å². The molecule has 5 nitrogen and oxygen atoms in total. The average Bonchev–Trinajstić information content (AvgIpc) is 2.55. The van der Waals surface area contributed by atoms with E-state index < -0.39 is 12.1 Å². The number of hydrogen-bond donors (Lipinski definition) is 0. The second kappa shape index (κ2) is 9.97. The molecule has 0 N–H and O–H groups in total. The summed E-state index contributed by atoms with van der Waals surface area (Å²) >= 11 is 0. The SMILES string of the molecule is COC(=O)C(CCC(C)CC(C)(C)C)=NC(=O)OCc1ccccc1. The Kier molecular flexibility index (Phi) is 8.32. The number of hydrogen-bond acceptors (Lipinski definition) is 4. The van der Waals surface area contributed by atoms with Crippen LogP contribution in [0.5, 0.6) is 0 Å². The summed E-state index contributed by atoms with van der Waals surface area (Å²) in [6.07, 6.45) is 1.41. The van der Waals surface area contributed by atoms with Gasteiger partial charge in [0.25, 0.3) is 0 Å². The lowest BCUT2D eigenvalue weighted by atomic mass is 9.83. The van der Waals surface area contributed by atoms with Crippen LogP contribution in [0.4, 0.5) is 4.79 Å². The van der Waals surface area contributed by atoms with Crippen LogP contribution in [0.3, 0.4) is 0 Å². The molecule has 0 aliphatic heterocycles. The minimum Gasteiger partial charge on any atom is -0.465 e. The topological polar surface area (TPSA) is 65.0 Å². The van der Waals surface area contributed by atoms with Gasteiger partial charge in [-0.1, -0.05) is 58.0 Å². The van der Waals surface area contributed by atoms with Crippen molar-refractivity contribution in [2.45, 2.75) is 53.6 Å². The Labute approximate surface area is 150 Å². The van der Waals surface area contributed by atoms with Crippen LogP contribution in [0.2, 0.25) is 0 Å². The van der Waals surface area contributed by atoms with Crippen LogP contribution >= 0.6 is 0 Å². The Balaban J connectivity index is 2.62. The number of aliphatic imine (C=N–C) groups is 1. The van der Waals surface area contributed by atoms with Gasteiger partial charge in [0.2, 0.25) is 0 Å². The van der Waals surface area contributed by atoms with E-state index in [9.17, 15) is 9.59 Å². The lowest BCUT2D eigenvalue weighted by molar-refractivity contribution is -0.132. The number of ether oxygens (including phenoxy) is 2. The first kappa shape index (κ1) is 20.9. The molecule has 0 heterocycles. The molecule has 1 unspecified atom stereocenters. The van der Waals surface area contributed by atoms with Crippen molar-refractivity contribution in [3.05, 3.63) is 35.9 Å². The van der Waals surface area contributed by atoms with E-state index in [1.165, 1.54) is 7.11 Å². The van der Waals surface area contributed by atoms with Crippen molar-refractivity contribution in [2.24, 2.45) is 16.3 Å². The number of esters is 1. The number of carbonyl (C=O) groups is 2. The fourth-order valence-corrected chi connectivity index (χ4v) is 2.71. The van der Waals surface area contributed by atoms with Gasteiger partial charge in [-0.3, -0.25) is 0 Å². The molecule has 0 aromatic heterocycles. The minimum atomic E-state index is -0.771. The van der Waals surface area contributed by atoms with E-state index in [1.807, 2.05) is 30.3 Å². The van der Waals surface area contributed by atoms with Crippen molar-refractivity contribution < 1.29 is 19.1 Å². The fourth-order valence-electron chi connectivity index (χ4n) is 2.71. The summed E-state index contributed by atoms with van der Waals surface area (Å²) in [5.74, 6) is -0.171. The molecular formula is C20H29NO4. The van der Waals surface area contributed by atoms with Gasteiger partial charge < -0.3 is 9.47 Å². The lowest BCUT2D eigenvalue weighted by Crippen LogP contribution is -2.20. The van der Waals surface area contributed by atoms with E-state index in [0.29, 0.717) is 12.3 Å². The summed E-state index contributed by atoms with van der Waals surface area (Å²) in [5, 5.41) is 0. The van der Waals surface area contributed by atoms with Crippen molar-refractivity contribution in [1.29, 1.82) is 0 Å². The third-order valence-corrected chi connectivity index (χ3v) is 3.69. The predicted octanol–water partition coefficient (Wildman–Crippen LogP) is 4.79. The Morgan fingerprint density at radius 3 is 2.36 bits per heavy atom. The first-order valence-corrected chi connectivity index (χ1v) is 8.58. The molecule has 0 bridgehead atoms. The largest absolute Gasteiger partial charge is 0.465 e. The normalized spacial score (nSPS) is 13.2. The third kappa shape index (κ3) is 9.03. The first-order valence-electron chi connectivity index (χ1n) is 8.58. The lowest BCUT2D eigenvalue weighted by Gasteiger charge is -2.23. The van der Waals surface area contributed by atoms with Crippen molar-refractivity contribution in [3.8, 4) is 0 Å². The van der Waals surface area contributed by atoms with Crippen LogP contribution in [0.25, 0.3) is 0 Å². The van der Waals surface area contributed by atoms with E-state index in [1.54, 1.807) is 0 Å². The molecule has 0 spiro atoms. The molecule has 0 radical (unpaired) electrons. The molecule has 0 saturated heterocycles. The van der Waals surface area contributed by atoms with Crippen molar-refractivity contribution in [1.82, 2.24) is 0 Å². The van der Waals surface area contributed by atoms with Crippen LogP contribution in [-0.2, 0) is 20.9 Å². The highest BCUT2D eigenvalue weighted by Crippen LogP contribution is 2.26. The molecule has 0 aliphatic rings. The van der Waals surface area contributed by atoms with Gasteiger partial charge in [0, 0.05) is 0 Å². The van der Waals surface area contributed by atoms with Crippen LogP contribution in [0.15, 0.2) is 35.3 Å². The van der Waals surface area contributed by atoms with Gasteiger partial charge in [0.05, 0.1) is 7.11 Å². The highest BCUT2D eigenvalue weighted by atomic mass is 16.5. The van der Waals surface area contributed by atoms with Crippen LogP contribution in [0, 0.1) is 11.3 Å². The van der Waals surface area contributed by atoms with E-state index >= 15 is 0 Å². The van der Waals surface area contributed by atoms with Crippen molar-refractivity contribution >= 4 is 17.8 Å². The molecule has 0 aliphatic carbocycles. The summed E-state index contributed by atoms with van der Waals surface area (Å²) in [6.45, 7) is 8.80. The fraction of sp³-hybridized carbons (Fsp3) is 0.550. The van der Waals surface area contributed by atoms with E-state index in [-0.39, 0.29) is 17.7 Å². The highest BCUT2D eigenvalue weighted by Gasteiger charge is 2.19. The summed E-state index contributed by atoms with van der Waals surface area (Å²) in [5.41, 5.74) is 1.20. The summed E-state index contributed by atoms with van der Waals surface area (Å²) in [4.78, 5) is 27.6. The first-order chi connectivity index (χ1) is 11.7. The number of amides is 1. The van der Waals surface area contributed by atoms with Gasteiger partial charge >= 0.3 is 12.1 Å².